The first kappa shape index (κ1) is 12.2. The molecule has 0 aliphatic carbocycles. The van der Waals surface area contributed by atoms with E-state index in [9.17, 15) is 0 Å². The fraction of sp³-hybridized carbons (Fsp3) is 0.400. The number of anilines is 1. The zero-order valence-corrected chi connectivity index (χ0v) is 10.0. The Morgan fingerprint density at radius 1 is 1.47 bits per heavy atom. The third-order valence-electron chi connectivity index (χ3n) is 2.15. The van der Waals surface area contributed by atoms with Gasteiger partial charge in [-0.3, -0.25) is 4.31 Å². The van der Waals surface area contributed by atoms with Gasteiger partial charge in [0.15, 0.2) is 0 Å². The fourth-order valence-electron chi connectivity index (χ4n) is 1.31. The summed E-state index contributed by atoms with van der Waals surface area (Å²) in [6.45, 7) is 2.11. The van der Waals surface area contributed by atoms with Gasteiger partial charge in [-0.2, -0.15) is 0 Å². The molecule has 2 N–H and O–H groups in total. The molecule has 1 rings (SSSR count). The average Bonchev–Trinajstić information content (AvgIpc) is 2.28. The first-order valence-electron chi connectivity index (χ1n) is 4.67. The largest absolute Gasteiger partial charge is 0.495 e. The molecule has 0 atom stereocenters. The van der Waals surface area contributed by atoms with Gasteiger partial charge in [-0.1, -0.05) is 13.0 Å². The van der Waals surface area contributed by atoms with E-state index in [1.54, 1.807) is 7.11 Å². The Morgan fingerprint density at radius 3 is 2.73 bits per heavy atom. The Bertz CT molecular complexity index is 320. The standard InChI is InChI=1S/C10H16N2O2S/c1-4-8-5-6-10(13-3)9(7-8)12(2)15-14-11/h5-7H,4,11H2,1-3H3. The quantitative estimate of drug-likeness (QED) is 0.475. The van der Waals surface area contributed by atoms with Crippen LogP contribution in [0.2, 0.25) is 0 Å². The van der Waals surface area contributed by atoms with E-state index in [0.717, 1.165) is 30.1 Å². The monoisotopic (exact) mass is 228 g/mol. The number of hydrogen-bond donors (Lipinski definition) is 1. The zero-order valence-electron chi connectivity index (χ0n) is 9.19. The second-order valence-corrected chi connectivity index (χ2v) is 3.92. The maximum absolute atomic E-state index is 5.26. The molecule has 1 aromatic rings. The predicted molar refractivity (Wildman–Crippen MR) is 63.6 cm³/mol. The molecule has 0 aromatic heterocycles. The zero-order chi connectivity index (χ0) is 11.3. The van der Waals surface area contributed by atoms with Crippen LogP contribution < -0.4 is 14.9 Å². The van der Waals surface area contributed by atoms with E-state index in [1.165, 1.54) is 5.56 Å². The van der Waals surface area contributed by atoms with Gasteiger partial charge in [-0.15, -0.1) is 0 Å². The molecule has 84 valence electrons. The van der Waals surface area contributed by atoms with Gasteiger partial charge in [0.05, 0.1) is 12.8 Å². The van der Waals surface area contributed by atoms with Crippen molar-refractivity contribution < 1.29 is 9.02 Å². The van der Waals surface area contributed by atoms with E-state index in [2.05, 4.69) is 17.3 Å². The molecule has 0 saturated heterocycles. The minimum atomic E-state index is 0.805. The summed E-state index contributed by atoms with van der Waals surface area (Å²) in [4.78, 5) is 0. The van der Waals surface area contributed by atoms with E-state index in [0.29, 0.717) is 0 Å². The van der Waals surface area contributed by atoms with Crippen molar-refractivity contribution in [2.75, 3.05) is 18.5 Å². The number of rotatable bonds is 5. The van der Waals surface area contributed by atoms with Crippen molar-refractivity contribution in [3.63, 3.8) is 0 Å². The molecular weight excluding hydrogens is 212 g/mol. The third-order valence-corrected chi connectivity index (χ3v) is 2.65. The normalized spacial score (nSPS) is 10.1. The molecule has 0 unspecified atom stereocenters. The molecule has 0 aliphatic rings. The molecule has 0 amide bonds. The Labute approximate surface area is 94.6 Å². The van der Waals surface area contributed by atoms with Gasteiger partial charge in [0.2, 0.25) is 0 Å². The van der Waals surface area contributed by atoms with Gasteiger partial charge in [0, 0.05) is 7.05 Å². The predicted octanol–water partition coefficient (Wildman–Crippen LogP) is 2.15. The SMILES string of the molecule is CCc1ccc(OC)c(N(C)SON)c1. The Morgan fingerprint density at radius 2 is 2.20 bits per heavy atom. The van der Waals surface area contributed by atoms with Crippen molar-refractivity contribution in [1.29, 1.82) is 0 Å². The molecule has 0 heterocycles. The molecule has 0 bridgehead atoms. The summed E-state index contributed by atoms with van der Waals surface area (Å²) in [5.74, 6) is 5.81. The van der Waals surface area contributed by atoms with E-state index < -0.39 is 0 Å². The maximum atomic E-state index is 5.26. The molecule has 0 radical (unpaired) electrons. The van der Waals surface area contributed by atoms with Crippen molar-refractivity contribution in [3.8, 4) is 5.75 Å². The number of methoxy groups -OCH3 is 1. The molecule has 1 aromatic carbocycles. The van der Waals surface area contributed by atoms with Gasteiger partial charge in [-0.05, 0) is 24.1 Å². The van der Waals surface area contributed by atoms with Crippen LogP contribution in [0.15, 0.2) is 18.2 Å². The molecule has 0 aliphatic heterocycles. The Balaban J connectivity index is 3.00. The second kappa shape index (κ2) is 5.85. The molecule has 0 fully saturated rings. The summed E-state index contributed by atoms with van der Waals surface area (Å²) < 4.78 is 11.6. The lowest BCUT2D eigenvalue weighted by atomic mass is 10.1. The van der Waals surface area contributed by atoms with Gasteiger partial charge >= 0.3 is 0 Å². The van der Waals surface area contributed by atoms with E-state index in [-0.39, 0.29) is 0 Å². The number of aryl methyl sites for hydroxylation is 1. The second-order valence-electron chi connectivity index (χ2n) is 3.03. The van der Waals surface area contributed by atoms with Crippen molar-refractivity contribution >= 4 is 17.9 Å². The van der Waals surface area contributed by atoms with Crippen molar-refractivity contribution in [1.82, 2.24) is 0 Å². The summed E-state index contributed by atoms with van der Waals surface area (Å²) >= 11 is 1.06. The average molecular weight is 228 g/mol. The van der Waals surface area contributed by atoms with Crippen molar-refractivity contribution in [2.24, 2.45) is 5.90 Å². The van der Waals surface area contributed by atoms with Crippen LogP contribution in [-0.2, 0) is 10.7 Å². The lowest BCUT2D eigenvalue weighted by molar-refractivity contribution is 0.396. The van der Waals surface area contributed by atoms with E-state index >= 15 is 0 Å². The van der Waals surface area contributed by atoms with Crippen LogP contribution >= 0.6 is 12.2 Å². The molecule has 0 spiro atoms. The third kappa shape index (κ3) is 3.02. The highest BCUT2D eigenvalue weighted by molar-refractivity contribution is 7.96. The van der Waals surface area contributed by atoms with Gasteiger partial charge < -0.3 is 4.74 Å². The van der Waals surface area contributed by atoms with Crippen LogP contribution in [0, 0.1) is 0 Å². The van der Waals surface area contributed by atoms with Crippen LogP contribution in [0.1, 0.15) is 12.5 Å². The lowest BCUT2D eigenvalue weighted by Crippen LogP contribution is -2.10. The van der Waals surface area contributed by atoms with Crippen LogP contribution in [0.3, 0.4) is 0 Å². The molecule has 15 heavy (non-hydrogen) atoms. The minimum absolute atomic E-state index is 0.805. The molecular formula is C10H16N2O2S. The van der Waals surface area contributed by atoms with Crippen LogP contribution in [0.5, 0.6) is 5.75 Å². The summed E-state index contributed by atoms with van der Waals surface area (Å²) in [7, 11) is 3.51. The van der Waals surface area contributed by atoms with Gasteiger partial charge in [0.25, 0.3) is 0 Å². The summed E-state index contributed by atoms with van der Waals surface area (Å²) in [5, 5.41) is 0. The minimum Gasteiger partial charge on any atom is -0.495 e. The highest BCUT2D eigenvalue weighted by Crippen LogP contribution is 2.32. The first-order valence-corrected chi connectivity index (χ1v) is 5.37. The van der Waals surface area contributed by atoms with Gasteiger partial charge in [-0.25, -0.2) is 10.2 Å². The number of hydrogen-bond acceptors (Lipinski definition) is 5. The Kier molecular flexibility index (Phi) is 4.74. The van der Waals surface area contributed by atoms with E-state index in [4.69, 9.17) is 10.6 Å². The molecule has 0 saturated carbocycles. The topological polar surface area (TPSA) is 47.7 Å². The number of nitrogens with two attached hydrogens (primary N) is 1. The molecule has 4 nitrogen and oxygen atoms in total. The fourth-order valence-corrected chi connectivity index (χ4v) is 1.66. The highest BCUT2D eigenvalue weighted by Gasteiger charge is 2.09. The van der Waals surface area contributed by atoms with Crippen molar-refractivity contribution in [3.05, 3.63) is 23.8 Å². The lowest BCUT2D eigenvalue weighted by Gasteiger charge is -2.18. The number of nitrogens with zero attached hydrogens (tertiary/aromatic N) is 1. The first-order chi connectivity index (χ1) is 7.22. The summed E-state index contributed by atoms with van der Waals surface area (Å²) in [6, 6.07) is 6.05. The molecule has 5 heteroatoms. The van der Waals surface area contributed by atoms with Crippen LogP contribution in [0.4, 0.5) is 5.69 Å². The van der Waals surface area contributed by atoms with Crippen molar-refractivity contribution in [2.45, 2.75) is 13.3 Å². The van der Waals surface area contributed by atoms with E-state index in [1.807, 2.05) is 23.5 Å². The summed E-state index contributed by atoms with van der Waals surface area (Å²) in [5.41, 5.74) is 2.20. The maximum Gasteiger partial charge on any atom is 0.143 e. The van der Waals surface area contributed by atoms with Crippen LogP contribution in [0.25, 0.3) is 0 Å². The number of benzene rings is 1. The Hall–Kier alpha value is -0.910. The summed E-state index contributed by atoms with van der Waals surface area (Å²) in [6.07, 6.45) is 0.985. The van der Waals surface area contributed by atoms with Crippen LogP contribution in [-0.4, -0.2) is 14.2 Å². The highest BCUT2D eigenvalue weighted by atomic mass is 32.2. The number of ether oxygens (including phenoxy) is 1. The van der Waals surface area contributed by atoms with Gasteiger partial charge in [0.1, 0.15) is 18.0 Å². The smallest absolute Gasteiger partial charge is 0.143 e.